The molecule has 2 aromatic rings. The monoisotopic (exact) mass is 446 g/mol. The van der Waals surface area contributed by atoms with Gasteiger partial charge in [0, 0.05) is 0 Å². The van der Waals surface area contributed by atoms with Crippen molar-refractivity contribution in [3.05, 3.63) is 59.7 Å². The highest BCUT2D eigenvalue weighted by atomic mass is 32.1. The fourth-order valence-corrected chi connectivity index (χ4v) is 3.64. The minimum atomic E-state index is 0. The molecule has 0 aromatic heterocycles. The Bertz CT molecular complexity index is 599. The van der Waals surface area contributed by atoms with Gasteiger partial charge in [-0.05, 0) is 48.9 Å². The average molecular weight is 447 g/mol. The Morgan fingerprint density at radius 3 is 1.16 bits per heavy atom. The molecular formula is C28H46O2S. The normalized spacial score (nSPS) is 10.1. The van der Waals surface area contributed by atoms with E-state index >= 15 is 0 Å². The zero-order valence-corrected chi connectivity index (χ0v) is 20.9. The van der Waals surface area contributed by atoms with Crippen LogP contribution in [0.15, 0.2) is 48.5 Å². The van der Waals surface area contributed by atoms with E-state index in [4.69, 9.17) is 0 Å². The van der Waals surface area contributed by atoms with E-state index in [-0.39, 0.29) is 13.5 Å². The van der Waals surface area contributed by atoms with Gasteiger partial charge in [-0.2, -0.15) is 13.5 Å². The number of para-hydroxylation sites is 2. The molecule has 0 spiro atoms. The molecule has 0 bridgehead atoms. The largest absolute Gasteiger partial charge is 0.508 e. The molecule has 0 unspecified atom stereocenters. The Labute approximate surface area is 198 Å². The van der Waals surface area contributed by atoms with E-state index in [0.717, 1.165) is 24.0 Å². The van der Waals surface area contributed by atoms with E-state index in [1.807, 2.05) is 36.4 Å². The van der Waals surface area contributed by atoms with Crippen molar-refractivity contribution in [3.8, 4) is 11.5 Å². The Balaban J connectivity index is 0.000000562. The summed E-state index contributed by atoms with van der Waals surface area (Å²) in [5.74, 6) is 0.900. The van der Waals surface area contributed by atoms with Crippen molar-refractivity contribution in [2.75, 3.05) is 0 Å². The summed E-state index contributed by atoms with van der Waals surface area (Å²) in [6.07, 6.45) is 17.7. The summed E-state index contributed by atoms with van der Waals surface area (Å²) >= 11 is 0. The molecular weight excluding hydrogens is 400 g/mol. The molecule has 0 heterocycles. The van der Waals surface area contributed by atoms with Crippen molar-refractivity contribution in [3.63, 3.8) is 0 Å². The number of aryl methyl sites for hydroxylation is 2. The van der Waals surface area contributed by atoms with Crippen LogP contribution in [0.2, 0.25) is 0 Å². The Hall–Kier alpha value is -1.61. The summed E-state index contributed by atoms with van der Waals surface area (Å²) in [7, 11) is 0. The van der Waals surface area contributed by atoms with Crippen LogP contribution < -0.4 is 0 Å². The molecule has 0 saturated carbocycles. The third-order valence-electron chi connectivity index (χ3n) is 5.58. The van der Waals surface area contributed by atoms with Crippen LogP contribution in [0.3, 0.4) is 0 Å². The van der Waals surface area contributed by atoms with E-state index < -0.39 is 0 Å². The van der Waals surface area contributed by atoms with Gasteiger partial charge in [0.15, 0.2) is 0 Å². The van der Waals surface area contributed by atoms with Crippen molar-refractivity contribution >= 4 is 13.5 Å². The van der Waals surface area contributed by atoms with E-state index in [0.29, 0.717) is 11.5 Å². The summed E-state index contributed by atoms with van der Waals surface area (Å²) in [4.78, 5) is 0. The first-order chi connectivity index (χ1) is 14.7. The number of phenolic OH excluding ortho intramolecular Hbond substituents is 2. The summed E-state index contributed by atoms with van der Waals surface area (Å²) in [5.41, 5.74) is 2.18. The molecule has 0 aliphatic carbocycles. The lowest BCUT2D eigenvalue weighted by molar-refractivity contribution is 0.465. The van der Waals surface area contributed by atoms with Crippen molar-refractivity contribution in [2.24, 2.45) is 0 Å². The zero-order valence-electron chi connectivity index (χ0n) is 19.9. The quantitative estimate of drug-likeness (QED) is 0.285. The molecule has 176 valence electrons. The number of hydrogen-bond acceptors (Lipinski definition) is 2. The van der Waals surface area contributed by atoms with Crippen LogP contribution in [0.5, 0.6) is 11.5 Å². The molecule has 2 aromatic carbocycles. The molecule has 0 fully saturated rings. The first kappa shape index (κ1) is 29.4. The van der Waals surface area contributed by atoms with Gasteiger partial charge in [0.2, 0.25) is 0 Å². The highest BCUT2D eigenvalue weighted by Crippen LogP contribution is 2.19. The molecule has 31 heavy (non-hydrogen) atoms. The topological polar surface area (TPSA) is 40.5 Å². The predicted octanol–water partition coefficient (Wildman–Crippen LogP) is 8.70. The maximum absolute atomic E-state index is 9.55. The average Bonchev–Trinajstić information content (AvgIpc) is 2.76. The van der Waals surface area contributed by atoms with Crippen molar-refractivity contribution in [2.45, 2.75) is 104 Å². The Kier molecular flexibility index (Phi) is 19.2. The lowest BCUT2D eigenvalue weighted by Crippen LogP contribution is -1.86. The first-order valence-corrected chi connectivity index (χ1v) is 12.2. The molecule has 0 saturated heterocycles. The van der Waals surface area contributed by atoms with Gasteiger partial charge in [-0.1, -0.05) is 114 Å². The molecule has 3 heteroatoms. The molecule has 2 rings (SSSR count). The summed E-state index contributed by atoms with van der Waals surface area (Å²) in [5, 5.41) is 19.1. The fourth-order valence-electron chi connectivity index (χ4n) is 3.64. The number of aromatic hydroxyl groups is 2. The summed E-state index contributed by atoms with van der Waals surface area (Å²) in [6, 6.07) is 15.3. The van der Waals surface area contributed by atoms with Gasteiger partial charge in [0.25, 0.3) is 0 Å². The maximum atomic E-state index is 9.55. The van der Waals surface area contributed by atoms with Crippen molar-refractivity contribution < 1.29 is 10.2 Å². The molecule has 0 radical (unpaired) electrons. The molecule has 0 aliphatic rings. The van der Waals surface area contributed by atoms with Crippen LogP contribution in [0, 0.1) is 0 Å². The Morgan fingerprint density at radius 2 is 0.806 bits per heavy atom. The van der Waals surface area contributed by atoms with E-state index in [9.17, 15) is 10.2 Å². The van der Waals surface area contributed by atoms with Crippen LogP contribution in [0.25, 0.3) is 0 Å². The minimum Gasteiger partial charge on any atom is -0.508 e. The van der Waals surface area contributed by atoms with Gasteiger partial charge in [-0.3, -0.25) is 0 Å². The lowest BCUT2D eigenvalue weighted by atomic mass is 10.0. The third kappa shape index (κ3) is 14.9. The van der Waals surface area contributed by atoms with Crippen LogP contribution >= 0.6 is 13.5 Å². The van der Waals surface area contributed by atoms with Crippen LogP contribution in [0.4, 0.5) is 0 Å². The van der Waals surface area contributed by atoms with Gasteiger partial charge >= 0.3 is 0 Å². The van der Waals surface area contributed by atoms with Crippen molar-refractivity contribution in [1.82, 2.24) is 0 Å². The smallest absolute Gasteiger partial charge is 0.118 e. The number of benzene rings is 2. The number of rotatable bonds is 14. The first-order valence-electron chi connectivity index (χ1n) is 12.2. The maximum Gasteiger partial charge on any atom is 0.118 e. The number of unbranched alkanes of at least 4 members (excludes halogenated alkanes) is 10. The van der Waals surface area contributed by atoms with E-state index in [1.165, 1.54) is 77.0 Å². The van der Waals surface area contributed by atoms with Crippen LogP contribution in [0.1, 0.15) is 102 Å². The molecule has 0 atom stereocenters. The molecule has 0 amide bonds. The van der Waals surface area contributed by atoms with Gasteiger partial charge in [-0.25, -0.2) is 0 Å². The van der Waals surface area contributed by atoms with Crippen LogP contribution in [-0.4, -0.2) is 10.2 Å². The highest BCUT2D eigenvalue weighted by Gasteiger charge is 1.99. The Morgan fingerprint density at radius 1 is 0.484 bits per heavy atom. The zero-order chi connectivity index (χ0) is 21.9. The second kappa shape index (κ2) is 20.3. The molecule has 2 N–H and O–H groups in total. The van der Waals surface area contributed by atoms with E-state index in [1.54, 1.807) is 12.1 Å². The van der Waals surface area contributed by atoms with Crippen LogP contribution in [-0.2, 0) is 12.8 Å². The number of phenols is 2. The standard InChI is InChI=1S/2C14H22O.H2S/c2*1-2-3-4-5-6-7-10-13-11-8-9-12-14(13)15;/h2*8-9,11-12,15H,2-7,10H2,1H3;1H2. The van der Waals surface area contributed by atoms with E-state index in [2.05, 4.69) is 13.8 Å². The minimum absolute atomic E-state index is 0. The SMILES string of the molecule is CCCCCCCCc1ccccc1O.CCCCCCCCc1ccccc1O.S. The fraction of sp³-hybridized carbons (Fsp3) is 0.571. The third-order valence-corrected chi connectivity index (χ3v) is 5.58. The highest BCUT2D eigenvalue weighted by molar-refractivity contribution is 7.59. The van der Waals surface area contributed by atoms with Gasteiger partial charge < -0.3 is 10.2 Å². The predicted molar refractivity (Wildman–Crippen MR) is 141 cm³/mol. The summed E-state index contributed by atoms with van der Waals surface area (Å²) in [6.45, 7) is 4.48. The summed E-state index contributed by atoms with van der Waals surface area (Å²) < 4.78 is 0. The lowest BCUT2D eigenvalue weighted by Gasteiger charge is -2.03. The van der Waals surface area contributed by atoms with Crippen molar-refractivity contribution in [1.29, 1.82) is 0 Å². The second-order valence-electron chi connectivity index (χ2n) is 8.29. The molecule has 0 aliphatic heterocycles. The molecule has 2 nitrogen and oxygen atoms in total. The number of hydrogen-bond donors (Lipinski definition) is 2. The van der Waals surface area contributed by atoms with Gasteiger partial charge in [-0.15, -0.1) is 0 Å². The van der Waals surface area contributed by atoms with Gasteiger partial charge in [0.05, 0.1) is 0 Å². The van der Waals surface area contributed by atoms with Gasteiger partial charge in [0.1, 0.15) is 11.5 Å². The second-order valence-corrected chi connectivity index (χ2v) is 8.29.